The standard InChI is InChI=1S/C25H18N2O3/c26-15-14-20-16-27(21-10-6-19(7-11-21)25(28)29)17-24(20)18-8-12-23(13-9-18)30-22-4-2-1-3-5-22/h1-13,16-17H,26H2,(H,28,29). The van der Waals surface area contributed by atoms with Crippen LogP contribution in [0.5, 0.6) is 11.5 Å². The van der Waals surface area contributed by atoms with E-state index in [0.717, 1.165) is 33.9 Å². The second kappa shape index (κ2) is 8.29. The molecule has 0 amide bonds. The minimum Gasteiger partial charge on any atom is -0.478 e. The summed E-state index contributed by atoms with van der Waals surface area (Å²) in [5, 5.41) is 9.08. The smallest absolute Gasteiger partial charge is 0.335 e. The van der Waals surface area contributed by atoms with E-state index in [2.05, 4.69) is 12.0 Å². The molecule has 0 saturated heterocycles. The topological polar surface area (TPSA) is 77.5 Å². The molecule has 0 fully saturated rings. The lowest BCUT2D eigenvalue weighted by molar-refractivity contribution is 0.0697. The van der Waals surface area contributed by atoms with Crippen LogP contribution in [-0.4, -0.2) is 15.6 Å². The van der Waals surface area contributed by atoms with Gasteiger partial charge in [0.2, 0.25) is 0 Å². The summed E-state index contributed by atoms with van der Waals surface area (Å²) >= 11 is 0. The fourth-order valence-electron chi connectivity index (χ4n) is 3.11. The molecule has 0 unspecified atom stereocenters. The van der Waals surface area contributed by atoms with Crippen LogP contribution < -0.4 is 10.5 Å². The Morgan fingerprint density at radius 1 is 0.867 bits per heavy atom. The van der Waals surface area contributed by atoms with Crippen molar-refractivity contribution in [2.24, 2.45) is 5.73 Å². The Morgan fingerprint density at radius 3 is 2.17 bits per heavy atom. The van der Waals surface area contributed by atoms with Crippen molar-refractivity contribution < 1.29 is 14.6 Å². The maximum atomic E-state index is 11.1. The molecule has 0 bridgehead atoms. The van der Waals surface area contributed by atoms with Crippen LogP contribution in [0.15, 0.2) is 91.3 Å². The van der Waals surface area contributed by atoms with E-state index in [0.29, 0.717) is 0 Å². The number of aromatic carboxylic acids is 1. The second-order valence-corrected chi connectivity index (χ2v) is 6.55. The largest absolute Gasteiger partial charge is 0.478 e. The minimum atomic E-state index is -0.956. The van der Waals surface area contributed by atoms with Gasteiger partial charge in [-0.05, 0) is 60.0 Å². The van der Waals surface area contributed by atoms with E-state index in [-0.39, 0.29) is 5.56 Å². The number of carboxylic acids is 1. The van der Waals surface area contributed by atoms with Gasteiger partial charge in [0.05, 0.1) is 11.1 Å². The average Bonchev–Trinajstić information content (AvgIpc) is 3.19. The van der Waals surface area contributed by atoms with Crippen LogP contribution in [0.1, 0.15) is 15.9 Å². The van der Waals surface area contributed by atoms with Crippen LogP contribution >= 0.6 is 0 Å². The molecule has 5 nitrogen and oxygen atoms in total. The minimum absolute atomic E-state index is 0.238. The van der Waals surface area contributed by atoms with Crippen LogP contribution in [0.3, 0.4) is 0 Å². The second-order valence-electron chi connectivity index (χ2n) is 6.55. The SMILES string of the molecule is NC#Cc1cn(-c2ccc(C(=O)O)cc2)cc1-c1ccc(Oc2ccccc2)cc1. The summed E-state index contributed by atoms with van der Waals surface area (Å²) in [6.07, 6.45) is 3.82. The van der Waals surface area contributed by atoms with Gasteiger partial charge >= 0.3 is 5.97 Å². The van der Waals surface area contributed by atoms with Crippen molar-refractivity contribution in [3.05, 3.63) is 102 Å². The van der Waals surface area contributed by atoms with E-state index in [4.69, 9.17) is 15.6 Å². The molecule has 0 radical (unpaired) electrons. The van der Waals surface area contributed by atoms with Gasteiger partial charge in [-0.15, -0.1) is 0 Å². The maximum absolute atomic E-state index is 11.1. The quantitative estimate of drug-likeness (QED) is 0.373. The van der Waals surface area contributed by atoms with Crippen LogP contribution in [0, 0.1) is 12.0 Å². The maximum Gasteiger partial charge on any atom is 0.335 e. The van der Waals surface area contributed by atoms with Gasteiger partial charge in [-0.3, -0.25) is 0 Å². The third-order valence-electron chi connectivity index (χ3n) is 4.59. The number of aromatic nitrogens is 1. The number of nitrogens with zero attached hydrogens (tertiary/aromatic N) is 1. The molecule has 5 heteroatoms. The zero-order valence-corrected chi connectivity index (χ0v) is 15.9. The molecule has 3 N–H and O–H groups in total. The predicted octanol–water partition coefficient (Wildman–Crippen LogP) is 4.90. The lowest BCUT2D eigenvalue weighted by Gasteiger charge is -2.06. The number of para-hydroxylation sites is 1. The Labute approximate surface area is 174 Å². The Hall–Kier alpha value is -4.43. The summed E-state index contributed by atoms with van der Waals surface area (Å²) in [4.78, 5) is 11.1. The van der Waals surface area contributed by atoms with E-state index in [1.54, 1.807) is 24.3 Å². The molecule has 0 aliphatic rings. The summed E-state index contributed by atoms with van der Waals surface area (Å²) in [6.45, 7) is 0. The van der Waals surface area contributed by atoms with E-state index >= 15 is 0 Å². The lowest BCUT2D eigenvalue weighted by Crippen LogP contribution is -1.97. The van der Waals surface area contributed by atoms with E-state index in [9.17, 15) is 4.79 Å². The van der Waals surface area contributed by atoms with Crippen molar-refractivity contribution in [2.75, 3.05) is 0 Å². The summed E-state index contributed by atoms with van der Waals surface area (Å²) < 4.78 is 7.75. The highest BCUT2D eigenvalue weighted by atomic mass is 16.5. The first-order chi connectivity index (χ1) is 14.6. The molecule has 1 aromatic heterocycles. The molecule has 146 valence electrons. The molecule has 0 atom stereocenters. The van der Waals surface area contributed by atoms with E-state index < -0.39 is 5.97 Å². The molecule has 4 aromatic rings. The Morgan fingerprint density at radius 2 is 1.53 bits per heavy atom. The van der Waals surface area contributed by atoms with Gasteiger partial charge in [-0.25, -0.2) is 4.79 Å². The van der Waals surface area contributed by atoms with Crippen molar-refractivity contribution in [2.45, 2.75) is 0 Å². The molecular weight excluding hydrogens is 376 g/mol. The Balaban J connectivity index is 1.64. The highest BCUT2D eigenvalue weighted by Gasteiger charge is 2.10. The molecule has 3 aromatic carbocycles. The highest BCUT2D eigenvalue weighted by Crippen LogP contribution is 2.29. The first kappa shape index (κ1) is 18.9. The fraction of sp³-hybridized carbons (Fsp3) is 0. The molecule has 0 saturated carbocycles. The zero-order valence-electron chi connectivity index (χ0n) is 15.9. The first-order valence-electron chi connectivity index (χ1n) is 9.25. The summed E-state index contributed by atoms with van der Waals surface area (Å²) in [5.74, 6) is 3.48. The van der Waals surface area contributed by atoms with Crippen molar-refractivity contribution in [3.63, 3.8) is 0 Å². The van der Waals surface area contributed by atoms with Gasteiger partial charge < -0.3 is 20.1 Å². The van der Waals surface area contributed by atoms with Gasteiger partial charge in [0.25, 0.3) is 0 Å². The van der Waals surface area contributed by atoms with Crippen LogP contribution in [0.4, 0.5) is 0 Å². The fourth-order valence-corrected chi connectivity index (χ4v) is 3.11. The molecule has 0 aliphatic carbocycles. The van der Waals surface area contributed by atoms with E-state index in [1.165, 1.54) is 0 Å². The number of rotatable bonds is 5. The summed E-state index contributed by atoms with van der Waals surface area (Å²) in [7, 11) is 0. The monoisotopic (exact) mass is 394 g/mol. The van der Waals surface area contributed by atoms with Crippen molar-refractivity contribution in [1.29, 1.82) is 0 Å². The number of hydrogen-bond acceptors (Lipinski definition) is 3. The van der Waals surface area contributed by atoms with Crippen molar-refractivity contribution >= 4 is 5.97 Å². The third kappa shape index (κ3) is 4.03. The first-order valence-corrected chi connectivity index (χ1v) is 9.25. The molecule has 1 heterocycles. The van der Waals surface area contributed by atoms with Gasteiger partial charge in [0, 0.05) is 29.7 Å². The molecule has 0 aliphatic heterocycles. The third-order valence-corrected chi connectivity index (χ3v) is 4.59. The van der Waals surface area contributed by atoms with Gasteiger partial charge in [-0.2, -0.15) is 0 Å². The van der Waals surface area contributed by atoms with Gasteiger partial charge in [0.1, 0.15) is 11.5 Å². The number of benzene rings is 3. The predicted molar refractivity (Wildman–Crippen MR) is 116 cm³/mol. The van der Waals surface area contributed by atoms with Crippen LogP contribution in [0.25, 0.3) is 16.8 Å². The summed E-state index contributed by atoms with van der Waals surface area (Å²) in [5.41, 5.74) is 9.19. The number of carboxylic acid groups (broad SMARTS) is 1. The van der Waals surface area contributed by atoms with Crippen molar-refractivity contribution in [3.8, 4) is 40.3 Å². The average molecular weight is 394 g/mol. The number of carbonyl (C=O) groups is 1. The Kier molecular flexibility index (Phi) is 5.23. The molecule has 4 rings (SSSR count). The normalized spacial score (nSPS) is 10.1. The van der Waals surface area contributed by atoms with Gasteiger partial charge in [0.15, 0.2) is 0 Å². The zero-order chi connectivity index (χ0) is 20.9. The van der Waals surface area contributed by atoms with Crippen LogP contribution in [0.2, 0.25) is 0 Å². The highest BCUT2D eigenvalue weighted by molar-refractivity contribution is 5.87. The molecular formula is C25H18N2O3. The van der Waals surface area contributed by atoms with Crippen LogP contribution in [-0.2, 0) is 0 Å². The van der Waals surface area contributed by atoms with Crippen molar-refractivity contribution in [1.82, 2.24) is 4.57 Å². The molecule has 30 heavy (non-hydrogen) atoms. The summed E-state index contributed by atoms with van der Waals surface area (Å²) in [6, 6.07) is 26.4. The number of hydrogen-bond donors (Lipinski definition) is 2. The molecule has 0 spiro atoms. The number of nitrogens with two attached hydrogens (primary N) is 1. The number of ether oxygens (including phenoxy) is 1. The lowest BCUT2D eigenvalue weighted by atomic mass is 10.1. The Bertz CT molecular complexity index is 1230. The van der Waals surface area contributed by atoms with E-state index in [1.807, 2.05) is 71.6 Å². The van der Waals surface area contributed by atoms with Gasteiger partial charge in [-0.1, -0.05) is 30.3 Å².